The molecule has 0 radical (unpaired) electrons. The van der Waals surface area contributed by atoms with E-state index in [-0.39, 0.29) is 16.7 Å². The van der Waals surface area contributed by atoms with Crippen molar-refractivity contribution in [3.05, 3.63) is 90.0 Å². The molecule has 0 saturated carbocycles. The standard InChI is InChI=1S/C27H29N3O5S/c1-34-26-18-22(12-13-25(26)35-20-21-8-4-2-5-9-21)19-28-29-27(31)23-14-16-30(17-15-23)36(32,33)24-10-6-3-7-11-24/h2-13,18-19,23H,14-17,20H2,1H3,(H,29,31)/b28-19-. The van der Waals surface area contributed by atoms with Gasteiger partial charge in [0, 0.05) is 19.0 Å². The first kappa shape index (κ1) is 25.4. The van der Waals surface area contributed by atoms with Crippen molar-refractivity contribution in [3.8, 4) is 11.5 Å². The highest BCUT2D eigenvalue weighted by Gasteiger charge is 2.31. The third kappa shape index (κ3) is 6.30. The topological polar surface area (TPSA) is 97.3 Å². The van der Waals surface area contributed by atoms with E-state index in [0.29, 0.717) is 44.0 Å². The average molecular weight is 508 g/mol. The molecule has 0 bridgehead atoms. The quantitative estimate of drug-likeness (QED) is 0.351. The van der Waals surface area contributed by atoms with Gasteiger partial charge in [0.2, 0.25) is 15.9 Å². The molecule has 1 aliphatic rings. The Morgan fingerprint density at radius 2 is 1.67 bits per heavy atom. The molecule has 8 nitrogen and oxygen atoms in total. The maximum atomic E-state index is 12.8. The summed E-state index contributed by atoms with van der Waals surface area (Å²) in [6, 6.07) is 23.6. The molecule has 1 heterocycles. The number of nitrogens with zero attached hydrogens (tertiary/aromatic N) is 2. The highest BCUT2D eigenvalue weighted by molar-refractivity contribution is 7.89. The number of piperidine rings is 1. The lowest BCUT2D eigenvalue weighted by molar-refractivity contribution is -0.126. The molecular formula is C27H29N3O5S. The number of nitrogens with one attached hydrogen (secondary N) is 1. The van der Waals surface area contributed by atoms with E-state index in [1.807, 2.05) is 36.4 Å². The first-order valence-corrected chi connectivity index (χ1v) is 13.1. The number of methoxy groups -OCH3 is 1. The zero-order valence-corrected chi connectivity index (χ0v) is 20.9. The van der Waals surface area contributed by atoms with Gasteiger partial charge in [0.15, 0.2) is 11.5 Å². The summed E-state index contributed by atoms with van der Waals surface area (Å²) in [6.45, 7) is 1.01. The zero-order valence-electron chi connectivity index (χ0n) is 20.0. The fourth-order valence-electron chi connectivity index (χ4n) is 3.98. The number of rotatable bonds is 9. The Bertz CT molecular complexity index is 1290. The molecular weight excluding hydrogens is 478 g/mol. The van der Waals surface area contributed by atoms with Crippen LogP contribution in [0.25, 0.3) is 0 Å². The molecule has 36 heavy (non-hydrogen) atoms. The van der Waals surface area contributed by atoms with Crippen LogP contribution in [0.3, 0.4) is 0 Å². The van der Waals surface area contributed by atoms with Crippen molar-refractivity contribution < 1.29 is 22.7 Å². The second-order valence-corrected chi connectivity index (χ2v) is 10.3. The zero-order chi connectivity index (χ0) is 25.4. The van der Waals surface area contributed by atoms with Crippen LogP contribution in [0.5, 0.6) is 11.5 Å². The highest BCUT2D eigenvalue weighted by atomic mass is 32.2. The maximum Gasteiger partial charge on any atom is 0.243 e. The molecule has 1 amide bonds. The fraction of sp³-hybridized carbons (Fsp3) is 0.259. The molecule has 4 rings (SSSR count). The van der Waals surface area contributed by atoms with E-state index in [0.717, 1.165) is 11.1 Å². The summed E-state index contributed by atoms with van der Waals surface area (Å²) >= 11 is 0. The van der Waals surface area contributed by atoms with Crippen molar-refractivity contribution in [2.75, 3.05) is 20.2 Å². The molecule has 0 aliphatic carbocycles. The minimum Gasteiger partial charge on any atom is -0.493 e. The lowest BCUT2D eigenvalue weighted by atomic mass is 9.98. The third-order valence-electron chi connectivity index (χ3n) is 6.02. The fourth-order valence-corrected chi connectivity index (χ4v) is 5.47. The summed E-state index contributed by atoms with van der Waals surface area (Å²) in [5, 5.41) is 4.08. The minimum atomic E-state index is -3.54. The van der Waals surface area contributed by atoms with Crippen molar-refractivity contribution >= 4 is 22.1 Å². The van der Waals surface area contributed by atoms with E-state index in [1.54, 1.807) is 49.6 Å². The van der Waals surface area contributed by atoms with E-state index in [4.69, 9.17) is 9.47 Å². The van der Waals surface area contributed by atoms with E-state index in [2.05, 4.69) is 10.5 Å². The monoisotopic (exact) mass is 507 g/mol. The Kier molecular flexibility index (Phi) is 8.35. The SMILES string of the molecule is COc1cc(/C=N\NC(=O)C2CCN(S(=O)(=O)c3ccccc3)CC2)ccc1OCc1ccccc1. The number of sulfonamides is 1. The lowest BCUT2D eigenvalue weighted by Crippen LogP contribution is -2.42. The number of hydrogen-bond acceptors (Lipinski definition) is 6. The summed E-state index contributed by atoms with van der Waals surface area (Å²) in [5.41, 5.74) is 4.37. The van der Waals surface area contributed by atoms with E-state index < -0.39 is 10.0 Å². The van der Waals surface area contributed by atoms with Gasteiger partial charge in [-0.25, -0.2) is 13.8 Å². The normalized spacial score (nSPS) is 15.0. The van der Waals surface area contributed by atoms with Crippen molar-refractivity contribution in [1.29, 1.82) is 0 Å². The van der Waals surface area contributed by atoms with Gasteiger partial charge in [0.05, 0.1) is 18.2 Å². The van der Waals surface area contributed by atoms with Gasteiger partial charge in [-0.2, -0.15) is 9.41 Å². The van der Waals surface area contributed by atoms with Crippen LogP contribution in [-0.2, 0) is 21.4 Å². The second-order valence-electron chi connectivity index (χ2n) is 8.41. The molecule has 188 valence electrons. The molecule has 1 saturated heterocycles. The van der Waals surface area contributed by atoms with Gasteiger partial charge in [0.1, 0.15) is 6.61 Å². The summed E-state index contributed by atoms with van der Waals surface area (Å²) in [4.78, 5) is 12.8. The largest absolute Gasteiger partial charge is 0.493 e. The summed E-state index contributed by atoms with van der Waals surface area (Å²) in [5.74, 6) is 0.651. The van der Waals surface area contributed by atoms with Crippen LogP contribution in [-0.4, -0.2) is 45.0 Å². The molecule has 0 spiro atoms. The van der Waals surface area contributed by atoms with Gasteiger partial charge in [0.25, 0.3) is 0 Å². The number of benzene rings is 3. The first-order chi connectivity index (χ1) is 17.5. The Hall–Kier alpha value is -3.69. The molecule has 1 aliphatic heterocycles. The van der Waals surface area contributed by atoms with Crippen LogP contribution in [0.15, 0.2) is 88.9 Å². The number of carbonyl (C=O) groups excluding carboxylic acids is 1. The molecule has 1 N–H and O–H groups in total. The van der Waals surface area contributed by atoms with Crippen LogP contribution in [0.2, 0.25) is 0 Å². The van der Waals surface area contributed by atoms with Crippen molar-refractivity contribution in [3.63, 3.8) is 0 Å². The van der Waals surface area contributed by atoms with Crippen molar-refractivity contribution in [2.24, 2.45) is 11.0 Å². The highest BCUT2D eigenvalue weighted by Crippen LogP contribution is 2.28. The number of amides is 1. The molecule has 0 unspecified atom stereocenters. The van der Waals surface area contributed by atoms with Gasteiger partial charge >= 0.3 is 0 Å². The lowest BCUT2D eigenvalue weighted by Gasteiger charge is -2.30. The number of carbonyl (C=O) groups is 1. The van der Waals surface area contributed by atoms with Gasteiger partial charge in [-0.15, -0.1) is 0 Å². The molecule has 9 heteroatoms. The molecule has 1 fully saturated rings. The van der Waals surface area contributed by atoms with Gasteiger partial charge < -0.3 is 9.47 Å². The van der Waals surface area contributed by atoms with Crippen LogP contribution >= 0.6 is 0 Å². The average Bonchev–Trinajstić information content (AvgIpc) is 2.93. The minimum absolute atomic E-state index is 0.224. The van der Waals surface area contributed by atoms with Crippen LogP contribution in [0, 0.1) is 5.92 Å². The Labute approximate surface area is 211 Å². The second kappa shape index (κ2) is 11.8. The third-order valence-corrected chi connectivity index (χ3v) is 7.93. The van der Waals surface area contributed by atoms with Crippen LogP contribution < -0.4 is 14.9 Å². The van der Waals surface area contributed by atoms with Crippen LogP contribution in [0.1, 0.15) is 24.0 Å². The maximum absolute atomic E-state index is 12.8. The number of hydrazone groups is 1. The van der Waals surface area contributed by atoms with Gasteiger partial charge in [-0.3, -0.25) is 4.79 Å². The number of hydrogen-bond donors (Lipinski definition) is 1. The van der Waals surface area contributed by atoms with Gasteiger partial charge in [-0.05, 0) is 54.3 Å². The predicted molar refractivity (Wildman–Crippen MR) is 137 cm³/mol. The summed E-state index contributed by atoms with van der Waals surface area (Å²) < 4.78 is 38.3. The van der Waals surface area contributed by atoms with Crippen molar-refractivity contribution in [1.82, 2.24) is 9.73 Å². The van der Waals surface area contributed by atoms with Crippen LogP contribution in [0.4, 0.5) is 0 Å². The van der Waals surface area contributed by atoms with Gasteiger partial charge in [-0.1, -0.05) is 48.5 Å². The molecule has 3 aromatic carbocycles. The van der Waals surface area contributed by atoms with E-state index in [1.165, 1.54) is 10.5 Å². The van der Waals surface area contributed by atoms with Crippen molar-refractivity contribution in [2.45, 2.75) is 24.3 Å². The molecule has 0 aromatic heterocycles. The van der Waals surface area contributed by atoms with E-state index >= 15 is 0 Å². The molecule has 3 aromatic rings. The Balaban J connectivity index is 1.28. The summed E-state index contributed by atoms with van der Waals surface area (Å²) in [6.07, 6.45) is 2.42. The Morgan fingerprint density at radius 1 is 1.00 bits per heavy atom. The predicted octanol–water partition coefficient (Wildman–Crippen LogP) is 3.83. The summed E-state index contributed by atoms with van der Waals surface area (Å²) in [7, 11) is -1.98. The Morgan fingerprint density at radius 3 is 2.33 bits per heavy atom. The number of ether oxygens (including phenoxy) is 2. The molecule has 0 atom stereocenters. The smallest absolute Gasteiger partial charge is 0.243 e. The first-order valence-electron chi connectivity index (χ1n) is 11.7. The van der Waals surface area contributed by atoms with E-state index in [9.17, 15) is 13.2 Å².